The summed E-state index contributed by atoms with van der Waals surface area (Å²) in [6, 6.07) is 3.48. The zero-order valence-corrected chi connectivity index (χ0v) is 11.5. The van der Waals surface area contributed by atoms with Gasteiger partial charge in [0.15, 0.2) is 0 Å². The van der Waals surface area contributed by atoms with Gasteiger partial charge in [0.05, 0.1) is 6.04 Å². The van der Waals surface area contributed by atoms with Crippen LogP contribution in [-0.2, 0) is 11.2 Å². The Hall–Kier alpha value is -1.29. The first-order chi connectivity index (χ1) is 8.91. The molecule has 0 aliphatic heterocycles. The summed E-state index contributed by atoms with van der Waals surface area (Å²) in [5.74, 6) is -0.734. The van der Waals surface area contributed by atoms with E-state index in [0.717, 1.165) is 6.42 Å². The van der Waals surface area contributed by atoms with Gasteiger partial charge in [0, 0.05) is 5.56 Å². The second-order valence-electron chi connectivity index (χ2n) is 5.15. The summed E-state index contributed by atoms with van der Waals surface area (Å²) in [6.45, 7) is 3.48. The smallest absolute Gasteiger partial charge is 0.146 e. The number of Topliss-reactive ketones (excluding diaryl/α,β-unsaturated/α-hetero) is 1. The molecule has 2 N–H and O–H groups in total. The van der Waals surface area contributed by atoms with Gasteiger partial charge in [-0.05, 0) is 44.2 Å². The fourth-order valence-corrected chi connectivity index (χ4v) is 2.12. The van der Waals surface area contributed by atoms with Crippen molar-refractivity contribution in [3.05, 3.63) is 35.4 Å². The Bertz CT molecular complexity index is 414. The highest BCUT2D eigenvalue weighted by Gasteiger charge is 2.14. The Balaban J connectivity index is 2.40. The van der Waals surface area contributed by atoms with E-state index in [1.54, 1.807) is 0 Å². The van der Waals surface area contributed by atoms with Gasteiger partial charge in [-0.2, -0.15) is 0 Å². The average Bonchev–Trinajstić information content (AvgIpc) is 2.32. The zero-order valence-electron chi connectivity index (χ0n) is 11.5. The van der Waals surface area contributed by atoms with Gasteiger partial charge in [-0.15, -0.1) is 0 Å². The lowest BCUT2D eigenvalue weighted by Gasteiger charge is -2.15. The first-order valence-electron chi connectivity index (χ1n) is 6.60. The van der Waals surface area contributed by atoms with E-state index in [1.807, 2.05) is 6.92 Å². The SMILES string of the molecule is CC(=O)C(N)CC(C)CCCc1c(F)cccc1F. The second-order valence-corrected chi connectivity index (χ2v) is 5.15. The first-order valence-corrected chi connectivity index (χ1v) is 6.60. The van der Waals surface area contributed by atoms with Crippen LogP contribution in [0.5, 0.6) is 0 Å². The first kappa shape index (κ1) is 15.8. The van der Waals surface area contributed by atoms with E-state index in [-0.39, 0.29) is 17.3 Å². The topological polar surface area (TPSA) is 43.1 Å². The third-order valence-corrected chi connectivity index (χ3v) is 3.36. The van der Waals surface area contributed by atoms with Crippen molar-refractivity contribution in [2.24, 2.45) is 11.7 Å². The lowest BCUT2D eigenvalue weighted by molar-refractivity contribution is -0.118. The molecule has 0 amide bonds. The molecule has 0 bridgehead atoms. The van der Waals surface area contributed by atoms with Crippen LogP contribution in [0.25, 0.3) is 0 Å². The van der Waals surface area contributed by atoms with E-state index >= 15 is 0 Å². The molecular formula is C15H21F2NO. The summed E-state index contributed by atoms with van der Waals surface area (Å²) in [5.41, 5.74) is 5.82. The third-order valence-electron chi connectivity index (χ3n) is 3.36. The van der Waals surface area contributed by atoms with E-state index in [0.29, 0.717) is 19.3 Å². The minimum Gasteiger partial charge on any atom is -0.322 e. The maximum absolute atomic E-state index is 13.4. The molecular weight excluding hydrogens is 248 g/mol. The summed E-state index contributed by atoms with van der Waals surface area (Å²) in [4.78, 5) is 11.0. The Morgan fingerprint density at radius 3 is 2.42 bits per heavy atom. The zero-order chi connectivity index (χ0) is 14.4. The molecule has 1 aromatic carbocycles. The van der Waals surface area contributed by atoms with Crippen molar-refractivity contribution in [1.82, 2.24) is 0 Å². The predicted octanol–water partition coefficient (Wildman–Crippen LogP) is 3.23. The van der Waals surface area contributed by atoms with Crippen LogP contribution in [0, 0.1) is 17.6 Å². The Morgan fingerprint density at radius 2 is 1.89 bits per heavy atom. The van der Waals surface area contributed by atoms with Crippen molar-refractivity contribution < 1.29 is 13.6 Å². The number of benzene rings is 1. The number of hydrogen-bond donors (Lipinski definition) is 1. The van der Waals surface area contributed by atoms with Crippen LogP contribution in [0.3, 0.4) is 0 Å². The highest BCUT2D eigenvalue weighted by atomic mass is 19.1. The Kier molecular flexibility index (Phi) is 6.09. The van der Waals surface area contributed by atoms with Crippen molar-refractivity contribution in [1.29, 1.82) is 0 Å². The largest absolute Gasteiger partial charge is 0.322 e. The van der Waals surface area contributed by atoms with Crippen LogP contribution in [0.2, 0.25) is 0 Å². The molecule has 4 heteroatoms. The predicted molar refractivity (Wildman–Crippen MR) is 71.7 cm³/mol. The summed E-state index contributed by atoms with van der Waals surface area (Å²) in [5, 5.41) is 0. The standard InChI is InChI=1S/C15H21F2NO/c1-10(9-15(18)11(2)19)5-3-6-12-13(16)7-4-8-14(12)17/h4,7-8,10,15H,3,5-6,9,18H2,1-2H3. The number of halogens is 2. The van der Waals surface area contributed by atoms with Gasteiger partial charge in [0.25, 0.3) is 0 Å². The van der Waals surface area contributed by atoms with Gasteiger partial charge in [-0.25, -0.2) is 8.78 Å². The average molecular weight is 269 g/mol. The van der Waals surface area contributed by atoms with E-state index in [1.165, 1.54) is 25.1 Å². The molecule has 0 aliphatic rings. The highest BCUT2D eigenvalue weighted by molar-refractivity contribution is 5.81. The van der Waals surface area contributed by atoms with Crippen LogP contribution >= 0.6 is 0 Å². The minimum absolute atomic E-state index is 0.0213. The van der Waals surface area contributed by atoms with Crippen LogP contribution in [0.1, 0.15) is 38.7 Å². The number of nitrogens with two attached hydrogens (primary N) is 1. The fraction of sp³-hybridized carbons (Fsp3) is 0.533. The van der Waals surface area contributed by atoms with Crippen LogP contribution in [0.15, 0.2) is 18.2 Å². The number of ketones is 1. The van der Waals surface area contributed by atoms with Crippen LogP contribution in [-0.4, -0.2) is 11.8 Å². The Morgan fingerprint density at radius 1 is 1.32 bits per heavy atom. The molecule has 0 heterocycles. The monoisotopic (exact) mass is 269 g/mol. The molecule has 0 saturated carbocycles. The van der Waals surface area contributed by atoms with Gasteiger partial charge in [-0.3, -0.25) is 4.79 Å². The van der Waals surface area contributed by atoms with Crippen LogP contribution in [0.4, 0.5) is 8.78 Å². The maximum atomic E-state index is 13.4. The summed E-state index contributed by atoms with van der Waals surface area (Å²) in [7, 11) is 0. The van der Waals surface area contributed by atoms with E-state index in [9.17, 15) is 13.6 Å². The van der Waals surface area contributed by atoms with Crippen LogP contribution < -0.4 is 5.73 Å². The lowest BCUT2D eigenvalue weighted by Crippen LogP contribution is -2.30. The number of rotatable bonds is 7. The molecule has 0 fully saturated rings. The van der Waals surface area contributed by atoms with Crippen molar-refractivity contribution in [3.8, 4) is 0 Å². The number of hydrogen-bond acceptors (Lipinski definition) is 2. The van der Waals surface area contributed by atoms with Gasteiger partial charge in [0.1, 0.15) is 17.4 Å². The normalized spacial score (nSPS) is 14.2. The van der Waals surface area contributed by atoms with E-state index in [4.69, 9.17) is 5.73 Å². The quantitative estimate of drug-likeness (QED) is 0.825. The van der Waals surface area contributed by atoms with Crippen molar-refractivity contribution in [2.45, 2.75) is 45.6 Å². The molecule has 19 heavy (non-hydrogen) atoms. The Labute approximate surface area is 113 Å². The molecule has 0 radical (unpaired) electrons. The summed E-state index contributed by atoms with van der Waals surface area (Å²) in [6.07, 6.45) is 2.48. The molecule has 1 aromatic rings. The van der Waals surface area contributed by atoms with Gasteiger partial charge < -0.3 is 5.73 Å². The molecule has 2 nitrogen and oxygen atoms in total. The number of carbonyl (C=O) groups excluding carboxylic acids is 1. The molecule has 0 saturated heterocycles. The molecule has 1 rings (SSSR count). The molecule has 2 atom stereocenters. The van der Waals surface area contributed by atoms with Crippen molar-refractivity contribution in [2.75, 3.05) is 0 Å². The maximum Gasteiger partial charge on any atom is 0.146 e. The second kappa shape index (κ2) is 7.34. The summed E-state index contributed by atoms with van der Waals surface area (Å²) < 4.78 is 26.8. The molecule has 2 unspecified atom stereocenters. The van der Waals surface area contributed by atoms with E-state index < -0.39 is 17.7 Å². The van der Waals surface area contributed by atoms with Gasteiger partial charge >= 0.3 is 0 Å². The van der Waals surface area contributed by atoms with Crippen molar-refractivity contribution >= 4 is 5.78 Å². The molecule has 0 aliphatic carbocycles. The van der Waals surface area contributed by atoms with Crippen molar-refractivity contribution in [3.63, 3.8) is 0 Å². The van der Waals surface area contributed by atoms with Gasteiger partial charge in [-0.1, -0.05) is 19.4 Å². The molecule has 106 valence electrons. The highest BCUT2D eigenvalue weighted by Crippen LogP contribution is 2.18. The fourth-order valence-electron chi connectivity index (χ4n) is 2.12. The van der Waals surface area contributed by atoms with Gasteiger partial charge in [0.2, 0.25) is 0 Å². The third kappa shape index (κ3) is 5.07. The number of carbonyl (C=O) groups is 1. The summed E-state index contributed by atoms with van der Waals surface area (Å²) >= 11 is 0. The molecule has 0 aromatic heterocycles. The van der Waals surface area contributed by atoms with E-state index in [2.05, 4.69) is 0 Å². The minimum atomic E-state index is -0.493. The molecule has 0 spiro atoms. The lowest BCUT2D eigenvalue weighted by atomic mass is 9.94.